The Morgan fingerprint density at radius 2 is 1.79 bits per heavy atom. The number of Topliss-reactive ketones (excluding diaryl/α,β-unsaturated/α-hetero) is 1. The van der Waals surface area contributed by atoms with E-state index < -0.39 is 35.3 Å². The number of esters is 1. The van der Waals surface area contributed by atoms with Gasteiger partial charge in [0.25, 0.3) is 11.7 Å². The van der Waals surface area contributed by atoms with Crippen molar-refractivity contribution < 1.29 is 33.4 Å². The van der Waals surface area contributed by atoms with Crippen molar-refractivity contribution in [3.63, 3.8) is 0 Å². The second kappa shape index (κ2) is 9.83. The highest BCUT2D eigenvalue weighted by Gasteiger charge is 2.46. The maximum Gasteiger partial charge on any atom is 0.337 e. The summed E-state index contributed by atoms with van der Waals surface area (Å²) in [6.07, 6.45) is 0. The fraction of sp³-hybridized carbons (Fsp3) is 0.292. The van der Waals surface area contributed by atoms with E-state index in [-0.39, 0.29) is 23.4 Å². The third kappa shape index (κ3) is 4.73. The van der Waals surface area contributed by atoms with Gasteiger partial charge in [0.05, 0.1) is 37.0 Å². The van der Waals surface area contributed by atoms with Crippen molar-refractivity contribution >= 4 is 23.4 Å². The van der Waals surface area contributed by atoms with Crippen LogP contribution in [-0.4, -0.2) is 74.0 Å². The lowest BCUT2D eigenvalue weighted by Crippen LogP contribution is -2.35. The van der Waals surface area contributed by atoms with Gasteiger partial charge in [-0.25, -0.2) is 9.18 Å². The van der Waals surface area contributed by atoms with Crippen molar-refractivity contribution in [2.75, 3.05) is 41.4 Å². The van der Waals surface area contributed by atoms with Crippen LogP contribution in [0.1, 0.15) is 27.5 Å². The fourth-order valence-corrected chi connectivity index (χ4v) is 3.69. The van der Waals surface area contributed by atoms with Gasteiger partial charge < -0.3 is 24.4 Å². The SMILES string of the molecule is COC(=O)c1ccc([C@H]2C(=C(O)c3cc(F)ccc3OC)C(=O)C(=O)N2CCN(C)C)cc1. The number of hydrogen-bond donors (Lipinski definition) is 1. The van der Waals surface area contributed by atoms with Gasteiger partial charge in [0, 0.05) is 13.1 Å². The zero-order valence-electron chi connectivity index (χ0n) is 18.8. The molecule has 3 rings (SSSR count). The number of ketones is 1. The molecule has 1 amide bonds. The van der Waals surface area contributed by atoms with E-state index in [9.17, 15) is 23.9 Å². The molecule has 0 aromatic heterocycles. The number of aliphatic hydroxyl groups excluding tert-OH is 1. The summed E-state index contributed by atoms with van der Waals surface area (Å²) in [6.45, 7) is 0.672. The molecule has 1 aliphatic rings. The van der Waals surface area contributed by atoms with Gasteiger partial charge >= 0.3 is 5.97 Å². The number of hydrogen-bond acceptors (Lipinski definition) is 7. The molecule has 1 atom stereocenters. The molecule has 1 heterocycles. The molecule has 1 aliphatic heterocycles. The second-order valence-electron chi connectivity index (χ2n) is 7.75. The lowest BCUT2D eigenvalue weighted by molar-refractivity contribution is -0.140. The molecule has 0 radical (unpaired) electrons. The van der Waals surface area contributed by atoms with E-state index in [0.717, 1.165) is 12.1 Å². The van der Waals surface area contributed by atoms with E-state index in [4.69, 9.17) is 9.47 Å². The molecule has 0 unspecified atom stereocenters. The summed E-state index contributed by atoms with van der Waals surface area (Å²) in [5.74, 6) is -3.24. The molecular formula is C24H25FN2O6. The fourth-order valence-electron chi connectivity index (χ4n) is 3.69. The molecule has 1 saturated heterocycles. The van der Waals surface area contributed by atoms with Crippen molar-refractivity contribution in [2.24, 2.45) is 0 Å². The molecule has 33 heavy (non-hydrogen) atoms. The normalized spacial score (nSPS) is 17.5. The highest BCUT2D eigenvalue weighted by Crippen LogP contribution is 2.41. The van der Waals surface area contributed by atoms with Gasteiger partial charge in [-0.1, -0.05) is 12.1 Å². The quantitative estimate of drug-likeness (QED) is 0.296. The summed E-state index contributed by atoms with van der Waals surface area (Å²) in [4.78, 5) is 41.0. The number of likely N-dealkylation sites (tertiary alicyclic amines) is 1. The van der Waals surface area contributed by atoms with Crippen LogP contribution < -0.4 is 4.74 Å². The van der Waals surface area contributed by atoms with Crippen molar-refractivity contribution in [3.8, 4) is 5.75 Å². The number of benzene rings is 2. The molecule has 1 N–H and O–H groups in total. The van der Waals surface area contributed by atoms with Crippen LogP contribution in [0.5, 0.6) is 5.75 Å². The van der Waals surface area contributed by atoms with E-state index in [2.05, 4.69) is 0 Å². The van der Waals surface area contributed by atoms with E-state index in [1.54, 1.807) is 12.1 Å². The molecular weight excluding hydrogens is 431 g/mol. The van der Waals surface area contributed by atoms with Gasteiger partial charge in [-0.3, -0.25) is 9.59 Å². The number of aliphatic hydroxyl groups is 1. The number of likely N-dealkylation sites (N-methyl/N-ethyl adjacent to an activating group) is 1. The smallest absolute Gasteiger partial charge is 0.337 e. The lowest BCUT2D eigenvalue weighted by atomic mass is 9.94. The largest absolute Gasteiger partial charge is 0.507 e. The monoisotopic (exact) mass is 456 g/mol. The molecule has 174 valence electrons. The van der Waals surface area contributed by atoms with E-state index in [1.165, 1.54) is 37.3 Å². The predicted molar refractivity (Wildman–Crippen MR) is 118 cm³/mol. The lowest BCUT2D eigenvalue weighted by Gasteiger charge is -2.26. The van der Waals surface area contributed by atoms with Crippen LogP contribution in [0.4, 0.5) is 4.39 Å². The first-order valence-electron chi connectivity index (χ1n) is 10.1. The van der Waals surface area contributed by atoms with E-state index >= 15 is 0 Å². The zero-order chi connectivity index (χ0) is 24.3. The molecule has 0 bridgehead atoms. The summed E-state index contributed by atoms with van der Waals surface area (Å²) >= 11 is 0. The van der Waals surface area contributed by atoms with Crippen LogP contribution in [0, 0.1) is 5.82 Å². The standard InChI is InChI=1S/C24H25FN2O6/c1-26(2)11-12-27-20(14-5-7-15(8-6-14)24(31)33-4)19(22(29)23(27)30)21(28)17-13-16(25)9-10-18(17)32-3/h5-10,13,20,28H,11-12H2,1-4H3/t20-/m0/s1. The van der Waals surface area contributed by atoms with Gasteiger partial charge in [-0.2, -0.15) is 0 Å². The maximum absolute atomic E-state index is 14.0. The van der Waals surface area contributed by atoms with Crippen LogP contribution in [0.25, 0.3) is 5.76 Å². The summed E-state index contributed by atoms with van der Waals surface area (Å²) in [6, 6.07) is 8.78. The Bertz CT molecular complexity index is 1110. The summed E-state index contributed by atoms with van der Waals surface area (Å²) in [5.41, 5.74) is 0.559. The Balaban J connectivity index is 2.19. The van der Waals surface area contributed by atoms with Crippen molar-refractivity contribution in [3.05, 3.63) is 70.5 Å². The zero-order valence-corrected chi connectivity index (χ0v) is 18.8. The van der Waals surface area contributed by atoms with Crippen molar-refractivity contribution in [1.82, 2.24) is 9.80 Å². The first kappa shape index (κ1) is 23.9. The number of rotatable bonds is 7. The van der Waals surface area contributed by atoms with Crippen molar-refractivity contribution in [1.29, 1.82) is 0 Å². The highest BCUT2D eigenvalue weighted by atomic mass is 19.1. The summed E-state index contributed by atoms with van der Waals surface area (Å²) < 4.78 is 23.9. The highest BCUT2D eigenvalue weighted by molar-refractivity contribution is 6.46. The van der Waals surface area contributed by atoms with Crippen LogP contribution in [0.2, 0.25) is 0 Å². The third-order valence-electron chi connectivity index (χ3n) is 5.39. The Morgan fingerprint density at radius 3 is 2.36 bits per heavy atom. The number of ether oxygens (including phenoxy) is 2. The van der Waals surface area contributed by atoms with Gasteiger partial charge in [0.1, 0.15) is 17.3 Å². The van der Waals surface area contributed by atoms with Crippen LogP contribution >= 0.6 is 0 Å². The van der Waals surface area contributed by atoms with Crippen molar-refractivity contribution in [2.45, 2.75) is 6.04 Å². The molecule has 2 aromatic rings. The van der Waals surface area contributed by atoms with E-state index in [1.807, 2.05) is 19.0 Å². The molecule has 8 nitrogen and oxygen atoms in total. The summed E-state index contributed by atoms with van der Waals surface area (Å²) in [5, 5.41) is 11.1. The minimum Gasteiger partial charge on any atom is -0.507 e. The van der Waals surface area contributed by atoms with Crippen LogP contribution in [-0.2, 0) is 14.3 Å². The first-order chi connectivity index (χ1) is 15.7. The Morgan fingerprint density at radius 1 is 1.12 bits per heavy atom. The minimum absolute atomic E-state index is 0.0423. The van der Waals surface area contributed by atoms with Gasteiger partial charge in [0.15, 0.2) is 0 Å². The first-order valence-corrected chi connectivity index (χ1v) is 10.1. The van der Waals surface area contributed by atoms with Gasteiger partial charge in [-0.15, -0.1) is 0 Å². The summed E-state index contributed by atoms with van der Waals surface area (Å²) in [7, 11) is 6.27. The minimum atomic E-state index is -0.940. The number of carbonyl (C=O) groups excluding carboxylic acids is 3. The van der Waals surface area contributed by atoms with Crippen LogP contribution in [0.15, 0.2) is 48.0 Å². The van der Waals surface area contributed by atoms with Crippen LogP contribution in [0.3, 0.4) is 0 Å². The van der Waals surface area contributed by atoms with E-state index in [0.29, 0.717) is 17.7 Å². The number of amides is 1. The Kier molecular flexibility index (Phi) is 7.13. The molecule has 9 heteroatoms. The maximum atomic E-state index is 14.0. The third-order valence-corrected chi connectivity index (χ3v) is 5.39. The predicted octanol–water partition coefficient (Wildman–Crippen LogP) is 2.60. The van der Waals surface area contributed by atoms with Gasteiger partial charge in [-0.05, 0) is 50.0 Å². The average Bonchev–Trinajstić information content (AvgIpc) is 3.06. The number of halogens is 1. The Labute approximate surface area is 190 Å². The topological polar surface area (TPSA) is 96.4 Å². The number of carbonyl (C=O) groups is 3. The second-order valence-corrected chi connectivity index (χ2v) is 7.75. The molecule has 0 saturated carbocycles. The molecule has 2 aromatic carbocycles. The average molecular weight is 456 g/mol. The Hall–Kier alpha value is -3.72. The molecule has 0 spiro atoms. The molecule has 1 fully saturated rings. The molecule has 0 aliphatic carbocycles. The number of methoxy groups -OCH3 is 2. The number of nitrogens with zero attached hydrogens (tertiary/aromatic N) is 2. The van der Waals surface area contributed by atoms with Gasteiger partial charge in [0.2, 0.25) is 0 Å².